The van der Waals surface area contributed by atoms with Crippen LogP contribution in [0, 0.1) is 0 Å². The number of nitrogens with one attached hydrogen (secondary N) is 1. The highest BCUT2D eigenvalue weighted by atomic mass is 15.0. The number of rotatable bonds is 2. The van der Waals surface area contributed by atoms with Gasteiger partial charge in [-0.1, -0.05) is 0 Å². The second kappa shape index (κ2) is 3.83. The molecule has 4 heteroatoms. The van der Waals surface area contributed by atoms with Gasteiger partial charge in [0.25, 0.3) is 0 Å². The number of hydrogen-bond acceptors (Lipinski definition) is 4. The van der Waals surface area contributed by atoms with Crippen molar-refractivity contribution in [1.82, 2.24) is 15.0 Å². The van der Waals surface area contributed by atoms with Gasteiger partial charge in [-0.3, -0.25) is 4.98 Å². The molecule has 0 amide bonds. The zero-order valence-corrected chi connectivity index (χ0v) is 7.81. The Morgan fingerprint density at radius 2 is 1.93 bits per heavy atom. The summed E-state index contributed by atoms with van der Waals surface area (Å²) in [5.74, 6) is 0.812. The number of aromatic nitrogens is 3. The van der Waals surface area contributed by atoms with Crippen molar-refractivity contribution >= 4 is 5.82 Å². The fourth-order valence-electron chi connectivity index (χ4n) is 1.17. The van der Waals surface area contributed by atoms with Gasteiger partial charge >= 0.3 is 0 Å². The lowest BCUT2D eigenvalue weighted by Crippen LogP contribution is -1.93. The highest BCUT2D eigenvalue weighted by Crippen LogP contribution is 2.16. The van der Waals surface area contributed by atoms with E-state index in [1.54, 1.807) is 18.7 Å². The van der Waals surface area contributed by atoms with Crippen LogP contribution in [0.1, 0.15) is 0 Å². The Bertz CT molecular complexity index is 413. The summed E-state index contributed by atoms with van der Waals surface area (Å²) in [6, 6.07) is 5.74. The van der Waals surface area contributed by atoms with Gasteiger partial charge in [0.2, 0.25) is 0 Å². The van der Waals surface area contributed by atoms with Crippen LogP contribution < -0.4 is 5.32 Å². The molecule has 2 heterocycles. The van der Waals surface area contributed by atoms with Crippen molar-refractivity contribution in [3.63, 3.8) is 0 Å². The minimum absolute atomic E-state index is 0.812. The maximum atomic E-state index is 4.18. The lowest BCUT2D eigenvalue weighted by molar-refractivity contribution is 1.16. The highest BCUT2D eigenvalue weighted by Gasteiger charge is 1.99. The molecule has 0 atom stereocenters. The van der Waals surface area contributed by atoms with Gasteiger partial charge < -0.3 is 5.32 Å². The number of pyridine rings is 1. The second-order valence-corrected chi connectivity index (χ2v) is 2.77. The van der Waals surface area contributed by atoms with Crippen LogP contribution in [0.15, 0.2) is 36.9 Å². The van der Waals surface area contributed by atoms with Gasteiger partial charge in [-0.05, 0) is 12.1 Å². The minimum Gasteiger partial charge on any atom is -0.373 e. The van der Waals surface area contributed by atoms with E-state index >= 15 is 0 Å². The van der Waals surface area contributed by atoms with Gasteiger partial charge in [-0.2, -0.15) is 0 Å². The monoisotopic (exact) mass is 186 g/mol. The Balaban J connectivity index is 2.42. The summed E-state index contributed by atoms with van der Waals surface area (Å²) >= 11 is 0. The smallest absolute Gasteiger partial charge is 0.129 e. The van der Waals surface area contributed by atoms with Gasteiger partial charge in [0.15, 0.2) is 0 Å². The zero-order chi connectivity index (χ0) is 9.80. The van der Waals surface area contributed by atoms with Gasteiger partial charge in [0.05, 0.1) is 5.69 Å². The molecule has 2 rings (SSSR count). The maximum Gasteiger partial charge on any atom is 0.129 e. The van der Waals surface area contributed by atoms with E-state index in [0.29, 0.717) is 0 Å². The first kappa shape index (κ1) is 8.62. The molecule has 0 saturated carbocycles. The van der Waals surface area contributed by atoms with Gasteiger partial charge in [-0.25, -0.2) is 9.97 Å². The molecule has 0 aliphatic rings. The third-order valence-corrected chi connectivity index (χ3v) is 1.90. The molecular weight excluding hydrogens is 176 g/mol. The molecule has 0 aliphatic heterocycles. The third kappa shape index (κ3) is 1.69. The molecule has 1 N–H and O–H groups in total. The van der Waals surface area contributed by atoms with E-state index in [4.69, 9.17) is 0 Å². The first-order valence-corrected chi connectivity index (χ1v) is 4.30. The molecule has 0 bridgehead atoms. The highest BCUT2D eigenvalue weighted by molar-refractivity contribution is 5.61. The summed E-state index contributed by atoms with van der Waals surface area (Å²) < 4.78 is 0. The van der Waals surface area contributed by atoms with E-state index in [1.807, 2.05) is 25.2 Å². The fraction of sp³-hybridized carbons (Fsp3) is 0.100. The SMILES string of the molecule is CNc1cc(-c2ccncc2)ncn1. The predicted molar refractivity (Wildman–Crippen MR) is 54.8 cm³/mol. The molecule has 0 aromatic carbocycles. The average Bonchev–Trinajstić information content (AvgIpc) is 2.30. The Morgan fingerprint density at radius 3 is 2.64 bits per heavy atom. The molecule has 70 valence electrons. The first-order chi connectivity index (χ1) is 6.90. The first-order valence-electron chi connectivity index (χ1n) is 4.30. The van der Waals surface area contributed by atoms with Crippen molar-refractivity contribution in [2.45, 2.75) is 0 Å². The molecule has 0 fully saturated rings. The summed E-state index contributed by atoms with van der Waals surface area (Å²) in [6.07, 6.45) is 5.04. The van der Waals surface area contributed by atoms with Crippen molar-refractivity contribution in [1.29, 1.82) is 0 Å². The van der Waals surface area contributed by atoms with E-state index in [1.165, 1.54) is 0 Å². The Hall–Kier alpha value is -1.97. The second-order valence-electron chi connectivity index (χ2n) is 2.77. The molecular formula is C10H10N4. The molecule has 0 radical (unpaired) electrons. The molecule has 14 heavy (non-hydrogen) atoms. The summed E-state index contributed by atoms with van der Waals surface area (Å²) in [5.41, 5.74) is 1.94. The Morgan fingerprint density at radius 1 is 1.14 bits per heavy atom. The molecule has 0 aliphatic carbocycles. The predicted octanol–water partition coefficient (Wildman–Crippen LogP) is 1.58. The van der Waals surface area contributed by atoms with Crippen molar-refractivity contribution in [2.75, 3.05) is 12.4 Å². The number of anilines is 1. The van der Waals surface area contributed by atoms with Crippen molar-refractivity contribution < 1.29 is 0 Å². The average molecular weight is 186 g/mol. The van der Waals surface area contributed by atoms with Crippen LogP contribution in [0.5, 0.6) is 0 Å². The van der Waals surface area contributed by atoms with E-state index in [-0.39, 0.29) is 0 Å². The molecule has 4 nitrogen and oxygen atoms in total. The van der Waals surface area contributed by atoms with Crippen LogP contribution in [0.2, 0.25) is 0 Å². The van der Waals surface area contributed by atoms with Crippen LogP contribution in [-0.2, 0) is 0 Å². The summed E-state index contributed by atoms with van der Waals surface area (Å²) in [7, 11) is 1.83. The van der Waals surface area contributed by atoms with E-state index in [9.17, 15) is 0 Å². The van der Waals surface area contributed by atoms with Crippen molar-refractivity contribution in [2.24, 2.45) is 0 Å². The lowest BCUT2D eigenvalue weighted by atomic mass is 10.2. The molecule has 2 aromatic rings. The lowest BCUT2D eigenvalue weighted by Gasteiger charge is -2.02. The molecule has 0 unspecified atom stereocenters. The van der Waals surface area contributed by atoms with Crippen LogP contribution in [0.3, 0.4) is 0 Å². The minimum atomic E-state index is 0.812. The Labute approximate surface area is 82.1 Å². The number of nitrogens with zero attached hydrogens (tertiary/aromatic N) is 3. The van der Waals surface area contributed by atoms with Crippen LogP contribution in [-0.4, -0.2) is 22.0 Å². The molecule has 2 aromatic heterocycles. The molecule has 0 saturated heterocycles. The molecule has 0 spiro atoms. The standard InChI is InChI=1S/C10H10N4/c1-11-10-6-9(13-7-14-10)8-2-4-12-5-3-8/h2-7H,1H3,(H,11,13,14). The third-order valence-electron chi connectivity index (χ3n) is 1.90. The van der Waals surface area contributed by atoms with Gasteiger partial charge in [-0.15, -0.1) is 0 Å². The van der Waals surface area contributed by atoms with Crippen LogP contribution >= 0.6 is 0 Å². The largest absolute Gasteiger partial charge is 0.373 e. The zero-order valence-electron chi connectivity index (χ0n) is 7.81. The summed E-state index contributed by atoms with van der Waals surface area (Å²) in [5, 5.41) is 2.97. The van der Waals surface area contributed by atoms with Crippen LogP contribution in [0.25, 0.3) is 11.3 Å². The summed E-state index contributed by atoms with van der Waals surface area (Å²) in [6.45, 7) is 0. The fourth-order valence-corrected chi connectivity index (χ4v) is 1.17. The van der Waals surface area contributed by atoms with Gasteiger partial charge in [0, 0.05) is 31.1 Å². The van der Waals surface area contributed by atoms with E-state index in [2.05, 4.69) is 20.3 Å². The van der Waals surface area contributed by atoms with Crippen molar-refractivity contribution in [3.8, 4) is 11.3 Å². The van der Waals surface area contributed by atoms with E-state index < -0.39 is 0 Å². The van der Waals surface area contributed by atoms with E-state index in [0.717, 1.165) is 17.1 Å². The quantitative estimate of drug-likeness (QED) is 0.773. The normalized spacial score (nSPS) is 9.79. The van der Waals surface area contributed by atoms with Gasteiger partial charge in [0.1, 0.15) is 12.1 Å². The number of hydrogen-bond donors (Lipinski definition) is 1. The topological polar surface area (TPSA) is 50.7 Å². The summed E-state index contributed by atoms with van der Waals surface area (Å²) in [4.78, 5) is 12.2. The van der Waals surface area contributed by atoms with Crippen LogP contribution in [0.4, 0.5) is 5.82 Å². The Kier molecular flexibility index (Phi) is 2.36. The van der Waals surface area contributed by atoms with Crippen molar-refractivity contribution in [3.05, 3.63) is 36.9 Å². The maximum absolute atomic E-state index is 4.18.